The molecule has 1 aliphatic heterocycles. The minimum atomic E-state index is -0.400. The van der Waals surface area contributed by atoms with Crippen molar-refractivity contribution >= 4 is 38.8 Å². The Balaban J connectivity index is 0.00000272. The fraction of sp³-hybridized carbons (Fsp3) is 0.522. The number of nitrogens with one attached hydrogen (secondary N) is 4. The van der Waals surface area contributed by atoms with Crippen LogP contribution in [0.15, 0.2) is 30.5 Å². The van der Waals surface area contributed by atoms with Gasteiger partial charge in [-0.05, 0) is 57.1 Å². The number of amides is 1. The van der Waals surface area contributed by atoms with Crippen LogP contribution < -0.4 is 5.32 Å². The first kappa shape index (κ1) is 23.3. The van der Waals surface area contributed by atoms with Gasteiger partial charge in [-0.15, -0.1) is 0 Å². The Hall–Kier alpha value is -2.32. The van der Waals surface area contributed by atoms with Crippen LogP contribution in [0.3, 0.4) is 0 Å². The van der Waals surface area contributed by atoms with Crippen molar-refractivity contribution in [2.24, 2.45) is 0 Å². The van der Waals surface area contributed by atoms with Crippen molar-refractivity contribution in [2.75, 3.05) is 20.1 Å². The van der Waals surface area contributed by atoms with Crippen LogP contribution in [0, 0.1) is 10.8 Å². The molecule has 8 heteroatoms. The van der Waals surface area contributed by atoms with Crippen LogP contribution in [0.2, 0.25) is 0 Å². The van der Waals surface area contributed by atoms with Gasteiger partial charge in [0, 0.05) is 51.2 Å². The number of likely N-dealkylation sites (N-methyl/N-ethyl adjacent to an activating group) is 1. The standard InChI is InChI=1S/C23H34N6OS.2H2/c1-5-8-18(11-17-12-26-20-10-7-6-9-19(17)20)27-22(30)21(24)31-23(25)29-13-15(2)28(4)16(3)14-29;;/h6-7,9-10,12,15-16,18,24-26H,5,8,11,13-14H2,1-4H3,(H,27,30);2*1H/t15-,16+,18?;;. The number of nitrogens with zero attached hydrogens (tertiary/aromatic N) is 2. The average Bonchev–Trinajstić information content (AvgIpc) is 3.14. The van der Waals surface area contributed by atoms with E-state index in [0.29, 0.717) is 18.5 Å². The summed E-state index contributed by atoms with van der Waals surface area (Å²) in [6.45, 7) is 7.85. The average molecular weight is 447 g/mol. The van der Waals surface area contributed by atoms with Crippen LogP contribution in [-0.2, 0) is 11.2 Å². The lowest BCUT2D eigenvalue weighted by Crippen LogP contribution is -2.56. The molecule has 0 bridgehead atoms. The molecule has 4 N–H and O–H groups in total. The molecule has 3 rings (SSSR count). The number of para-hydroxylation sites is 1. The smallest absolute Gasteiger partial charge is 0.276 e. The fourth-order valence-corrected chi connectivity index (χ4v) is 4.79. The Kier molecular flexibility index (Phi) is 7.78. The van der Waals surface area contributed by atoms with Crippen molar-refractivity contribution in [3.8, 4) is 0 Å². The number of H-pyrrole nitrogens is 1. The van der Waals surface area contributed by atoms with E-state index in [9.17, 15) is 4.79 Å². The molecule has 1 fully saturated rings. The van der Waals surface area contributed by atoms with E-state index in [1.165, 1.54) is 10.9 Å². The van der Waals surface area contributed by atoms with E-state index in [1.807, 2.05) is 29.3 Å². The lowest BCUT2D eigenvalue weighted by atomic mass is 10.0. The first-order chi connectivity index (χ1) is 14.8. The maximum absolute atomic E-state index is 12.7. The number of piperazine rings is 1. The lowest BCUT2D eigenvalue weighted by Gasteiger charge is -2.43. The number of benzene rings is 1. The zero-order valence-electron chi connectivity index (χ0n) is 18.9. The zero-order valence-corrected chi connectivity index (χ0v) is 19.7. The van der Waals surface area contributed by atoms with Crippen LogP contribution in [-0.4, -0.2) is 69.2 Å². The number of aromatic amines is 1. The molecule has 0 radical (unpaired) electrons. The lowest BCUT2D eigenvalue weighted by molar-refractivity contribution is -0.115. The van der Waals surface area contributed by atoms with Crippen molar-refractivity contribution < 1.29 is 7.65 Å². The number of hydrogen-bond acceptors (Lipinski definition) is 5. The van der Waals surface area contributed by atoms with Crippen molar-refractivity contribution in [1.82, 2.24) is 20.1 Å². The van der Waals surface area contributed by atoms with Gasteiger partial charge in [0.1, 0.15) is 0 Å². The third-order valence-corrected chi connectivity index (χ3v) is 7.01. The molecule has 1 unspecified atom stereocenters. The fourth-order valence-electron chi connectivity index (χ4n) is 4.17. The minimum Gasteiger partial charge on any atom is -0.361 e. The van der Waals surface area contributed by atoms with Gasteiger partial charge < -0.3 is 15.2 Å². The first-order valence-electron chi connectivity index (χ1n) is 11.0. The highest BCUT2D eigenvalue weighted by molar-refractivity contribution is 8.27. The van der Waals surface area contributed by atoms with E-state index in [4.69, 9.17) is 10.8 Å². The predicted molar refractivity (Wildman–Crippen MR) is 134 cm³/mol. The molecular weight excluding hydrogens is 408 g/mol. The van der Waals surface area contributed by atoms with E-state index in [-0.39, 0.29) is 19.1 Å². The molecule has 3 atom stereocenters. The number of hydrogen-bond donors (Lipinski definition) is 4. The van der Waals surface area contributed by atoms with E-state index in [0.717, 1.165) is 43.2 Å². The molecule has 0 aliphatic carbocycles. The summed E-state index contributed by atoms with van der Waals surface area (Å²) < 4.78 is 0. The molecule has 0 spiro atoms. The number of rotatable bonds is 5. The summed E-state index contributed by atoms with van der Waals surface area (Å²) in [6.07, 6.45) is 4.51. The number of aromatic nitrogens is 1. The van der Waals surface area contributed by atoms with Gasteiger partial charge >= 0.3 is 0 Å². The highest BCUT2D eigenvalue weighted by Gasteiger charge is 2.29. The number of fused-ring (bicyclic) bond motifs is 1. The molecule has 7 nitrogen and oxygen atoms in total. The van der Waals surface area contributed by atoms with Crippen LogP contribution in [0.5, 0.6) is 0 Å². The third-order valence-electron chi connectivity index (χ3n) is 6.17. The maximum Gasteiger partial charge on any atom is 0.276 e. The summed E-state index contributed by atoms with van der Waals surface area (Å²) in [5.74, 6) is -0.400. The van der Waals surface area contributed by atoms with Crippen LogP contribution in [0.4, 0.5) is 0 Å². The highest BCUT2D eigenvalue weighted by atomic mass is 32.2. The van der Waals surface area contributed by atoms with E-state index < -0.39 is 5.91 Å². The molecule has 172 valence electrons. The second-order valence-electron chi connectivity index (χ2n) is 8.53. The monoisotopic (exact) mass is 446 g/mol. The first-order valence-corrected chi connectivity index (χ1v) is 11.8. The van der Waals surface area contributed by atoms with Crippen molar-refractivity contribution in [2.45, 2.75) is 58.2 Å². The summed E-state index contributed by atoms with van der Waals surface area (Å²) in [7, 11) is 2.10. The van der Waals surface area contributed by atoms with Crippen molar-refractivity contribution in [3.63, 3.8) is 0 Å². The second kappa shape index (κ2) is 10.3. The number of thioether (sulfide) groups is 1. The molecule has 1 amide bonds. The Morgan fingerprint density at radius 2 is 1.97 bits per heavy atom. The van der Waals surface area contributed by atoms with Gasteiger partial charge in [0.15, 0.2) is 10.2 Å². The molecule has 31 heavy (non-hydrogen) atoms. The summed E-state index contributed by atoms with van der Waals surface area (Å²) in [6, 6.07) is 8.77. The molecule has 1 aromatic heterocycles. The molecule has 2 heterocycles. The van der Waals surface area contributed by atoms with Gasteiger partial charge in [-0.3, -0.25) is 20.5 Å². The van der Waals surface area contributed by atoms with Crippen LogP contribution >= 0.6 is 11.8 Å². The maximum atomic E-state index is 12.7. The SMILES string of the molecule is CCCC(Cc1c[nH]c2ccccc12)NC(=O)C(=N)SC(=N)N1C[C@@H](C)N(C)[C@@H](C)C1.[HH].[HH]. The quantitative estimate of drug-likeness (QED) is 0.409. The Bertz CT molecular complexity index is 940. The molecule has 0 saturated carbocycles. The minimum absolute atomic E-state index is 0. The summed E-state index contributed by atoms with van der Waals surface area (Å²) in [4.78, 5) is 20.3. The largest absolute Gasteiger partial charge is 0.361 e. The van der Waals surface area contributed by atoms with Gasteiger partial charge in [-0.2, -0.15) is 0 Å². The highest BCUT2D eigenvalue weighted by Crippen LogP contribution is 2.21. The van der Waals surface area contributed by atoms with E-state index in [1.54, 1.807) is 0 Å². The topological polar surface area (TPSA) is 99.1 Å². The molecule has 2 aromatic rings. The zero-order chi connectivity index (χ0) is 22.5. The number of carbonyl (C=O) groups excluding carboxylic acids is 1. The summed E-state index contributed by atoms with van der Waals surface area (Å²) in [5.41, 5.74) is 2.26. The van der Waals surface area contributed by atoms with E-state index >= 15 is 0 Å². The predicted octanol–water partition coefficient (Wildman–Crippen LogP) is 4.16. The van der Waals surface area contributed by atoms with Crippen LogP contribution in [0.25, 0.3) is 10.9 Å². The van der Waals surface area contributed by atoms with Crippen LogP contribution in [0.1, 0.15) is 42.0 Å². The molecule has 1 aromatic carbocycles. The van der Waals surface area contributed by atoms with Gasteiger partial charge in [-0.1, -0.05) is 31.5 Å². The Morgan fingerprint density at radius 3 is 2.65 bits per heavy atom. The third kappa shape index (κ3) is 5.68. The summed E-state index contributed by atoms with van der Waals surface area (Å²) >= 11 is 0.946. The molecular formula is C23H38N6OS. The van der Waals surface area contributed by atoms with Crippen molar-refractivity contribution in [1.29, 1.82) is 10.8 Å². The van der Waals surface area contributed by atoms with E-state index in [2.05, 4.69) is 49.1 Å². The Labute approximate surface area is 191 Å². The van der Waals surface area contributed by atoms with Gasteiger partial charge in [0.2, 0.25) is 0 Å². The normalized spacial score (nSPS) is 20.6. The van der Waals surface area contributed by atoms with Gasteiger partial charge in [-0.25, -0.2) is 0 Å². The number of carbonyl (C=O) groups is 1. The second-order valence-corrected chi connectivity index (χ2v) is 9.53. The summed E-state index contributed by atoms with van der Waals surface area (Å²) in [5, 5.41) is 21.0. The molecule has 1 aliphatic rings. The van der Waals surface area contributed by atoms with Gasteiger partial charge in [0.25, 0.3) is 5.91 Å². The van der Waals surface area contributed by atoms with Crippen molar-refractivity contribution in [3.05, 3.63) is 36.0 Å². The molecule has 1 saturated heterocycles. The number of amidine groups is 1. The van der Waals surface area contributed by atoms with Gasteiger partial charge in [0.05, 0.1) is 0 Å². The Morgan fingerprint density at radius 1 is 1.29 bits per heavy atom.